The van der Waals surface area contributed by atoms with Crippen molar-refractivity contribution < 1.29 is 23.0 Å². The molecule has 90 valence electrons. The van der Waals surface area contributed by atoms with E-state index in [9.17, 15) is 18.3 Å². The Labute approximate surface area is 91.7 Å². The number of hydrogen-bond donors (Lipinski definition) is 1. The first kappa shape index (κ1) is 12.8. The average Bonchev–Trinajstić information content (AvgIpc) is 2.25. The van der Waals surface area contributed by atoms with E-state index in [1.165, 1.54) is 18.2 Å². The first-order valence-corrected chi connectivity index (χ1v) is 4.92. The number of halogens is 3. The van der Waals surface area contributed by atoms with Crippen molar-refractivity contribution in [3.63, 3.8) is 0 Å². The van der Waals surface area contributed by atoms with E-state index < -0.39 is 17.8 Å². The molecule has 1 aromatic rings. The van der Waals surface area contributed by atoms with Gasteiger partial charge >= 0.3 is 6.18 Å². The van der Waals surface area contributed by atoms with Crippen LogP contribution in [0.4, 0.5) is 13.2 Å². The smallest absolute Gasteiger partial charge is 0.419 e. The van der Waals surface area contributed by atoms with Crippen LogP contribution in [0.2, 0.25) is 0 Å². The van der Waals surface area contributed by atoms with Crippen LogP contribution in [0.25, 0.3) is 0 Å². The lowest BCUT2D eigenvalue weighted by molar-refractivity contribution is -0.139. The molecule has 0 amide bonds. The minimum absolute atomic E-state index is 0.135. The van der Waals surface area contributed by atoms with Crippen LogP contribution in [0.5, 0.6) is 5.75 Å². The van der Waals surface area contributed by atoms with E-state index in [0.29, 0.717) is 6.42 Å². The Hall–Kier alpha value is -1.23. The summed E-state index contributed by atoms with van der Waals surface area (Å²) in [7, 11) is 0. The van der Waals surface area contributed by atoms with E-state index in [2.05, 4.69) is 0 Å². The highest BCUT2D eigenvalue weighted by Gasteiger charge is 2.34. The van der Waals surface area contributed by atoms with Crippen molar-refractivity contribution in [2.24, 2.45) is 0 Å². The van der Waals surface area contributed by atoms with E-state index >= 15 is 0 Å². The molecule has 0 radical (unpaired) electrons. The molecular weight excluding hydrogens is 221 g/mol. The highest BCUT2D eigenvalue weighted by atomic mass is 19.4. The molecule has 0 bridgehead atoms. The summed E-state index contributed by atoms with van der Waals surface area (Å²) >= 11 is 0. The third-order valence-electron chi connectivity index (χ3n) is 2.09. The van der Waals surface area contributed by atoms with Crippen molar-refractivity contribution in [3.05, 3.63) is 29.8 Å². The molecule has 2 nitrogen and oxygen atoms in total. The first-order valence-electron chi connectivity index (χ1n) is 4.92. The Morgan fingerprint density at radius 3 is 2.50 bits per heavy atom. The van der Waals surface area contributed by atoms with Gasteiger partial charge in [-0.05, 0) is 18.6 Å². The van der Waals surface area contributed by atoms with Gasteiger partial charge < -0.3 is 9.84 Å². The topological polar surface area (TPSA) is 29.5 Å². The Morgan fingerprint density at radius 1 is 1.31 bits per heavy atom. The summed E-state index contributed by atoms with van der Waals surface area (Å²) in [6.45, 7) is 1.59. The number of benzene rings is 1. The van der Waals surface area contributed by atoms with Crippen LogP contribution in [0.15, 0.2) is 24.3 Å². The van der Waals surface area contributed by atoms with Gasteiger partial charge in [-0.3, -0.25) is 0 Å². The van der Waals surface area contributed by atoms with E-state index in [1.807, 2.05) is 0 Å². The van der Waals surface area contributed by atoms with Crippen molar-refractivity contribution in [2.45, 2.75) is 25.6 Å². The van der Waals surface area contributed by atoms with Gasteiger partial charge in [0.25, 0.3) is 0 Å². The Bertz CT molecular complexity index is 336. The summed E-state index contributed by atoms with van der Waals surface area (Å²) in [6.07, 6.45) is -4.75. The number of ether oxygens (including phenoxy) is 1. The van der Waals surface area contributed by atoms with Crippen molar-refractivity contribution in [3.8, 4) is 5.75 Å². The summed E-state index contributed by atoms with van der Waals surface area (Å²) in [5.74, 6) is -0.248. The summed E-state index contributed by atoms with van der Waals surface area (Å²) in [5.41, 5.74) is -0.821. The second kappa shape index (κ2) is 5.21. The number of alkyl halides is 3. The van der Waals surface area contributed by atoms with Gasteiger partial charge in [0.1, 0.15) is 12.4 Å². The Morgan fingerprint density at radius 2 is 1.94 bits per heavy atom. The number of rotatable bonds is 4. The molecule has 1 atom stereocenters. The second-order valence-electron chi connectivity index (χ2n) is 3.37. The number of para-hydroxylation sites is 1. The SMILES string of the molecule is CCC(O)COc1ccccc1C(F)(F)F. The fraction of sp³-hybridized carbons (Fsp3) is 0.455. The molecule has 0 aliphatic carbocycles. The van der Waals surface area contributed by atoms with Crippen LogP contribution in [0.1, 0.15) is 18.9 Å². The number of aliphatic hydroxyl groups is 1. The minimum Gasteiger partial charge on any atom is -0.490 e. The largest absolute Gasteiger partial charge is 0.490 e. The van der Waals surface area contributed by atoms with Gasteiger partial charge in [0.15, 0.2) is 0 Å². The van der Waals surface area contributed by atoms with Gasteiger partial charge in [0.2, 0.25) is 0 Å². The molecule has 16 heavy (non-hydrogen) atoms. The van der Waals surface area contributed by atoms with Crippen molar-refractivity contribution in [1.29, 1.82) is 0 Å². The molecular formula is C11H13F3O2. The van der Waals surface area contributed by atoms with Crippen LogP contribution < -0.4 is 4.74 Å². The zero-order valence-electron chi connectivity index (χ0n) is 8.79. The van der Waals surface area contributed by atoms with E-state index in [0.717, 1.165) is 6.07 Å². The third-order valence-corrected chi connectivity index (χ3v) is 2.09. The van der Waals surface area contributed by atoms with Gasteiger partial charge in [0.05, 0.1) is 11.7 Å². The Balaban J connectivity index is 2.80. The quantitative estimate of drug-likeness (QED) is 0.868. The van der Waals surface area contributed by atoms with Crippen molar-refractivity contribution >= 4 is 0 Å². The zero-order valence-corrected chi connectivity index (χ0v) is 8.79. The summed E-state index contributed by atoms with van der Waals surface area (Å²) < 4.78 is 42.5. The molecule has 1 rings (SSSR count). The number of aliphatic hydroxyl groups excluding tert-OH is 1. The lowest BCUT2D eigenvalue weighted by Gasteiger charge is -2.15. The van der Waals surface area contributed by atoms with Crippen LogP contribution in [0.3, 0.4) is 0 Å². The first-order chi connectivity index (χ1) is 7.45. The average molecular weight is 234 g/mol. The lowest BCUT2D eigenvalue weighted by Crippen LogP contribution is -2.18. The van der Waals surface area contributed by atoms with Gasteiger partial charge in [-0.15, -0.1) is 0 Å². The normalized spacial score (nSPS) is 13.6. The Kier molecular flexibility index (Phi) is 4.18. The maximum Gasteiger partial charge on any atom is 0.419 e. The van der Waals surface area contributed by atoms with Gasteiger partial charge in [-0.25, -0.2) is 0 Å². The van der Waals surface area contributed by atoms with Crippen LogP contribution >= 0.6 is 0 Å². The predicted octanol–water partition coefficient (Wildman–Crippen LogP) is 2.86. The fourth-order valence-electron chi connectivity index (χ4n) is 1.13. The van der Waals surface area contributed by atoms with E-state index in [4.69, 9.17) is 4.74 Å². The molecule has 0 aromatic heterocycles. The van der Waals surface area contributed by atoms with E-state index in [-0.39, 0.29) is 12.4 Å². The molecule has 0 saturated heterocycles. The monoisotopic (exact) mass is 234 g/mol. The van der Waals surface area contributed by atoms with Crippen molar-refractivity contribution in [1.82, 2.24) is 0 Å². The zero-order chi connectivity index (χ0) is 12.2. The molecule has 0 aliphatic heterocycles. The second-order valence-corrected chi connectivity index (χ2v) is 3.37. The minimum atomic E-state index is -4.44. The standard InChI is InChI=1S/C11H13F3O2/c1-2-8(15)7-16-10-6-4-3-5-9(10)11(12,13)14/h3-6,8,15H,2,7H2,1H3. The maximum absolute atomic E-state index is 12.5. The highest BCUT2D eigenvalue weighted by molar-refractivity contribution is 5.35. The van der Waals surface area contributed by atoms with Gasteiger partial charge in [-0.2, -0.15) is 13.2 Å². The molecule has 0 saturated carbocycles. The van der Waals surface area contributed by atoms with Gasteiger partial charge in [0, 0.05) is 0 Å². The fourth-order valence-corrected chi connectivity index (χ4v) is 1.13. The molecule has 0 spiro atoms. The molecule has 5 heteroatoms. The van der Waals surface area contributed by atoms with Crippen LogP contribution in [-0.4, -0.2) is 17.8 Å². The molecule has 0 heterocycles. The van der Waals surface area contributed by atoms with Crippen LogP contribution in [-0.2, 0) is 6.18 Å². The highest BCUT2D eigenvalue weighted by Crippen LogP contribution is 2.35. The number of hydrogen-bond acceptors (Lipinski definition) is 2. The summed E-state index contributed by atoms with van der Waals surface area (Å²) in [6, 6.07) is 4.95. The predicted molar refractivity (Wildman–Crippen MR) is 53.2 cm³/mol. The maximum atomic E-state index is 12.5. The van der Waals surface area contributed by atoms with Gasteiger partial charge in [-0.1, -0.05) is 19.1 Å². The van der Waals surface area contributed by atoms with Crippen molar-refractivity contribution in [2.75, 3.05) is 6.61 Å². The molecule has 0 fully saturated rings. The third kappa shape index (κ3) is 3.41. The summed E-state index contributed by atoms with van der Waals surface area (Å²) in [5, 5.41) is 9.21. The molecule has 1 aromatic carbocycles. The van der Waals surface area contributed by atoms with Crippen LogP contribution in [0, 0.1) is 0 Å². The molecule has 1 N–H and O–H groups in total. The molecule has 0 aliphatic rings. The summed E-state index contributed by atoms with van der Waals surface area (Å²) in [4.78, 5) is 0. The molecule has 1 unspecified atom stereocenters. The van der Waals surface area contributed by atoms with E-state index in [1.54, 1.807) is 6.92 Å². The lowest BCUT2D eigenvalue weighted by atomic mass is 10.2.